The molecule has 9 atom stereocenters. The topological polar surface area (TPSA) is 27.7 Å². The molecule has 0 radical (unpaired) electrons. The Kier molecular flexibility index (Phi) is 6.13. The van der Waals surface area contributed by atoms with Gasteiger partial charge in [-0.2, -0.15) is 0 Å². The predicted molar refractivity (Wildman–Crippen MR) is 142 cm³/mol. The van der Waals surface area contributed by atoms with Crippen molar-refractivity contribution in [2.75, 3.05) is 0 Å². The highest BCUT2D eigenvalue weighted by Gasteiger charge is 2.68. The lowest BCUT2D eigenvalue weighted by atomic mass is 9.43. The van der Waals surface area contributed by atoms with Gasteiger partial charge >= 0.3 is 0 Å². The number of fused-ring (bicyclic) bond motifs is 8. The van der Waals surface area contributed by atoms with Crippen molar-refractivity contribution in [2.24, 2.45) is 34.5 Å². The minimum Gasteiger partial charge on any atom is -0.414 e. The number of halogens is 1. The largest absolute Gasteiger partial charge is 0.414 e. The fourth-order valence-corrected chi connectivity index (χ4v) is 10.6. The minimum absolute atomic E-state index is 0.0213. The van der Waals surface area contributed by atoms with Crippen molar-refractivity contribution in [1.82, 2.24) is 0 Å². The predicted octanol–water partition coefficient (Wildman–Crippen LogP) is 8.40. The number of hydrogen-bond acceptors (Lipinski definition) is 3. The van der Waals surface area contributed by atoms with Crippen LogP contribution in [-0.2, 0) is 13.9 Å². The van der Waals surface area contributed by atoms with E-state index in [2.05, 4.69) is 61.6 Å². The van der Waals surface area contributed by atoms with Crippen LogP contribution in [0.1, 0.15) is 100 Å². The van der Waals surface area contributed by atoms with Gasteiger partial charge in [-0.3, -0.25) is 0 Å². The molecule has 200 valence electrons. The maximum Gasteiger partial charge on any atom is 0.192 e. The lowest BCUT2D eigenvalue weighted by Crippen LogP contribution is -2.63. The summed E-state index contributed by atoms with van der Waals surface area (Å²) in [5.41, 5.74) is 1.31. The van der Waals surface area contributed by atoms with E-state index in [9.17, 15) is 4.39 Å². The Bertz CT molecular complexity index is 887. The van der Waals surface area contributed by atoms with E-state index in [4.69, 9.17) is 13.9 Å². The molecule has 1 heterocycles. The molecule has 0 N–H and O–H groups in total. The van der Waals surface area contributed by atoms with Gasteiger partial charge in [0, 0.05) is 6.10 Å². The first kappa shape index (κ1) is 26.4. The smallest absolute Gasteiger partial charge is 0.192 e. The zero-order valence-corrected chi connectivity index (χ0v) is 25.1. The second-order valence-corrected chi connectivity index (χ2v) is 20.0. The Morgan fingerprint density at radius 3 is 2.23 bits per heavy atom. The molecule has 4 unspecified atom stereocenters. The van der Waals surface area contributed by atoms with Crippen LogP contribution in [0, 0.1) is 34.5 Å². The van der Waals surface area contributed by atoms with Gasteiger partial charge in [0.25, 0.3) is 0 Å². The van der Waals surface area contributed by atoms with E-state index in [1.165, 1.54) is 12.8 Å². The summed E-state index contributed by atoms with van der Waals surface area (Å²) in [5.74, 6) is 1.54. The molecule has 4 aliphatic carbocycles. The van der Waals surface area contributed by atoms with Crippen LogP contribution in [0.2, 0.25) is 18.1 Å². The standard InChI is InChI=1S/C30H51FO3Si/c1-18(31)20-11-12-21-24-22(14-16-29(20,21)7)30(8)15-13-19(34-35(9,10)27(2,3)4)17-23(30)25-26(24)33-28(5,6)32-25/h19,21-26H,11-17H2,1-10H3/b20-18+/t19-,21?,22?,23?,24?,25+,26+,29+,30+/m0/s1. The molecule has 0 aromatic carbocycles. The molecule has 0 aromatic heterocycles. The van der Waals surface area contributed by atoms with Crippen molar-refractivity contribution >= 4 is 8.32 Å². The highest BCUT2D eigenvalue weighted by molar-refractivity contribution is 6.74. The van der Waals surface area contributed by atoms with Crippen LogP contribution in [0.5, 0.6) is 0 Å². The second-order valence-electron chi connectivity index (χ2n) is 15.2. The molecule has 1 aliphatic heterocycles. The normalized spacial score (nSPS) is 48.6. The molecule has 0 spiro atoms. The summed E-state index contributed by atoms with van der Waals surface area (Å²) in [6.07, 6.45) is 8.31. The maximum absolute atomic E-state index is 14.7. The highest BCUT2D eigenvalue weighted by Crippen LogP contribution is 2.69. The molecular formula is C30H51FO3Si. The van der Waals surface area contributed by atoms with E-state index in [-0.39, 0.29) is 33.9 Å². The van der Waals surface area contributed by atoms with Crippen LogP contribution in [0.4, 0.5) is 4.39 Å². The fourth-order valence-electron chi connectivity index (χ4n) is 9.23. The Balaban J connectivity index is 1.49. The Hall–Kier alpha value is -0.233. The van der Waals surface area contributed by atoms with Crippen molar-refractivity contribution in [3.05, 3.63) is 11.4 Å². The van der Waals surface area contributed by atoms with E-state index >= 15 is 0 Å². The quantitative estimate of drug-likeness (QED) is 0.352. The van der Waals surface area contributed by atoms with E-state index in [0.29, 0.717) is 29.8 Å². The molecule has 5 fully saturated rings. The van der Waals surface area contributed by atoms with Gasteiger partial charge in [0.2, 0.25) is 0 Å². The average Bonchev–Trinajstić information content (AvgIpc) is 3.23. The van der Waals surface area contributed by atoms with Crippen LogP contribution < -0.4 is 0 Å². The van der Waals surface area contributed by atoms with E-state index in [0.717, 1.165) is 37.7 Å². The minimum atomic E-state index is -1.83. The molecule has 4 saturated carbocycles. The Morgan fingerprint density at radius 2 is 1.60 bits per heavy atom. The SMILES string of the molecule is C/C(F)=C1/CCC2C3C(CC[C@]12C)[C@@]1(C)CC[C@H](O[Si](C)(C)C(C)(C)C)CC1[C@H]1OC(C)(C)O[C@H]31. The summed E-state index contributed by atoms with van der Waals surface area (Å²) < 4.78 is 35.2. The third-order valence-electron chi connectivity index (χ3n) is 12.0. The molecule has 35 heavy (non-hydrogen) atoms. The van der Waals surface area contributed by atoms with Crippen LogP contribution >= 0.6 is 0 Å². The fraction of sp³-hybridized carbons (Fsp3) is 0.933. The van der Waals surface area contributed by atoms with Crippen molar-refractivity contribution in [3.8, 4) is 0 Å². The summed E-state index contributed by atoms with van der Waals surface area (Å²) in [6.45, 7) is 22.6. The highest BCUT2D eigenvalue weighted by atomic mass is 28.4. The molecule has 5 rings (SSSR count). The van der Waals surface area contributed by atoms with Crippen LogP contribution in [0.25, 0.3) is 0 Å². The summed E-state index contributed by atoms with van der Waals surface area (Å²) >= 11 is 0. The summed E-state index contributed by atoms with van der Waals surface area (Å²) in [4.78, 5) is 0. The molecule has 0 amide bonds. The van der Waals surface area contributed by atoms with Gasteiger partial charge in [-0.1, -0.05) is 34.6 Å². The van der Waals surface area contributed by atoms with Crippen molar-refractivity contribution in [1.29, 1.82) is 0 Å². The summed E-state index contributed by atoms with van der Waals surface area (Å²) in [6, 6.07) is 0. The Morgan fingerprint density at radius 1 is 0.943 bits per heavy atom. The van der Waals surface area contributed by atoms with E-state index in [1.54, 1.807) is 6.92 Å². The maximum atomic E-state index is 14.7. The first-order valence-electron chi connectivity index (χ1n) is 14.4. The van der Waals surface area contributed by atoms with E-state index < -0.39 is 14.1 Å². The van der Waals surface area contributed by atoms with Crippen LogP contribution in [0.15, 0.2) is 11.4 Å². The lowest BCUT2D eigenvalue weighted by molar-refractivity contribution is -0.181. The third-order valence-corrected chi connectivity index (χ3v) is 16.5. The Labute approximate surface area is 215 Å². The number of rotatable bonds is 2. The average molecular weight is 507 g/mol. The molecule has 0 bridgehead atoms. The first-order valence-corrected chi connectivity index (χ1v) is 17.3. The second kappa shape index (κ2) is 8.13. The molecule has 5 heteroatoms. The van der Waals surface area contributed by atoms with Gasteiger partial charge in [-0.25, -0.2) is 4.39 Å². The number of hydrogen-bond donors (Lipinski definition) is 0. The summed E-state index contributed by atoms with van der Waals surface area (Å²) in [7, 11) is -1.83. The number of allylic oxidation sites excluding steroid dienone is 2. The monoisotopic (exact) mass is 506 g/mol. The van der Waals surface area contributed by atoms with Gasteiger partial charge in [0.1, 0.15) is 0 Å². The van der Waals surface area contributed by atoms with Crippen molar-refractivity contribution in [2.45, 2.75) is 143 Å². The summed E-state index contributed by atoms with van der Waals surface area (Å²) in [5, 5.41) is 0.221. The lowest BCUT2D eigenvalue weighted by Gasteiger charge is -2.63. The number of ether oxygens (including phenoxy) is 2. The zero-order chi connectivity index (χ0) is 25.8. The van der Waals surface area contributed by atoms with E-state index in [1.807, 2.05) is 0 Å². The first-order chi connectivity index (χ1) is 16.0. The van der Waals surface area contributed by atoms with Crippen LogP contribution in [-0.4, -0.2) is 32.4 Å². The molecular weight excluding hydrogens is 455 g/mol. The van der Waals surface area contributed by atoms with Gasteiger partial charge in [-0.05, 0) is 124 Å². The molecule has 1 saturated heterocycles. The van der Waals surface area contributed by atoms with Gasteiger partial charge in [-0.15, -0.1) is 0 Å². The van der Waals surface area contributed by atoms with Crippen molar-refractivity contribution < 1.29 is 18.3 Å². The van der Waals surface area contributed by atoms with Gasteiger partial charge in [0.15, 0.2) is 14.1 Å². The molecule has 3 nitrogen and oxygen atoms in total. The zero-order valence-electron chi connectivity index (χ0n) is 24.1. The molecule has 5 aliphatic rings. The molecule has 0 aromatic rings. The third kappa shape index (κ3) is 3.96. The van der Waals surface area contributed by atoms with Crippen molar-refractivity contribution in [3.63, 3.8) is 0 Å². The van der Waals surface area contributed by atoms with Crippen LogP contribution in [0.3, 0.4) is 0 Å². The van der Waals surface area contributed by atoms with Gasteiger partial charge in [0.05, 0.1) is 18.0 Å². The van der Waals surface area contributed by atoms with Gasteiger partial charge < -0.3 is 13.9 Å².